The number of carbonyl (C=O) groups excluding carboxylic acids is 1. The highest BCUT2D eigenvalue weighted by Gasteiger charge is 2.19. The molecule has 0 heterocycles. The Labute approximate surface area is 112 Å². The first-order chi connectivity index (χ1) is 8.59. The van der Waals surface area contributed by atoms with Gasteiger partial charge in [-0.2, -0.15) is 0 Å². The van der Waals surface area contributed by atoms with E-state index >= 15 is 0 Å². The Morgan fingerprint density at radius 2 is 1.72 bits per heavy atom. The number of hydrogen-bond donors (Lipinski definition) is 0. The highest BCUT2D eigenvalue weighted by atomic mass is 79.9. The highest BCUT2D eigenvalue weighted by Crippen LogP contribution is 2.23. The molecule has 18 heavy (non-hydrogen) atoms. The van der Waals surface area contributed by atoms with Gasteiger partial charge in [-0.15, -0.1) is 0 Å². The van der Waals surface area contributed by atoms with Crippen LogP contribution in [0.5, 0.6) is 0 Å². The maximum Gasteiger partial charge on any atom is 0.173 e. The molecule has 0 unspecified atom stereocenters. The Bertz CT molecular complexity index is 582. The van der Waals surface area contributed by atoms with Crippen molar-refractivity contribution < 1.29 is 13.6 Å². The van der Waals surface area contributed by atoms with Gasteiger partial charge in [0.25, 0.3) is 0 Å². The van der Waals surface area contributed by atoms with Crippen molar-refractivity contribution in [3.05, 3.63) is 69.7 Å². The molecule has 0 aromatic heterocycles. The van der Waals surface area contributed by atoms with Gasteiger partial charge in [-0.3, -0.25) is 4.79 Å². The average Bonchev–Trinajstić information content (AvgIpc) is 2.36. The van der Waals surface area contributed by atoms with E-state index in [0.717, 1.165) is 11.6 Å². The number of ketones is 1. The first-order valence-corrected chi connectivity index (χ1v) is 6.09. The average molecular weight is 311 g/mol. The highest BCUT2D eigenvalue weighted by molar-refractivity contribution is 9.10. The number of rotatable bonds is 3. The van der Waals surface area contributed by atoms with Gasteiger partial charge in [-0.05, 0) is 33.6 Å². The predicted octanol–water partition coefficient (Wildman–Crippen LogP) is 4.15. The molecule has 0 spiro atoms. The van der Waals surface area contributed by atoms with Gasteiger partial charge in [0, 0.05) is 6.42 Å². The summed E-state index contributed by atoms with van der Waals surface area (Å²) in [6, 6.07) is 11.2. The molecule has 4 heteroatoms. The molecular weight excluding hydrogens is 302 g/mol. The Kier molecular flexibility index (Phi) is 3.87. The molecule has 0 radical (unpaired) electrons. The topological polar surface area (TPSA) is 17.1 Å². The normalized spacial score (nSPS) is 10.4. The second-order valence-corrected chi connectivity index (χ2v) is 4.66. The van der Waals surface area contributed by atoms with Gasteiger partial charge in [0.05, 0.1) is 10.0 Å². The summed E-state index contributed by atoms with van der Waals surface area (Å²) in [6.45, 7) is 0. The van der Waals surface area contributed by atoms with Crippen molar-refractivity contribution in [1.29, 1.82) is 0 Å². The lowest BCUT2D eigenvalue weighted by Crippen LogP contribution is -2.09. The van der Waals surface area contributed by atoms with E-state index in [1.807, 2.05) is 6.07 Å². The molecule has 0 saturated carbocycles. The fraction of sp³-hybridized carbons (Fsp3) is 0.0714. The minimum Gasteiger partial charge on any atom is -0.294 e. The largest absolute Gasteiger partial charge is 0.294 e. The maximum atomic E-state index is 13.7. The molecule has 0 N–H and O–H groups in total. The number of Topliss-reactive ketones (excluding diaryl/α,β-unsaturated/α-hetero) is 1. The SMILES string of the molecule is O=C(Cc1ccccc1)c1c(F)ccc(Br)c1F. The zero-order chi connectivity index (χ0) is 13.1. The van der Waals surface area contributed by atoms with Gasteiger partial charge in [0.1, 0.15) is 5.82 Å². The summed E-state index contributed by atoms with van der Waals surface area (Å²) in [5.41, 5.74) is 0.231. The summed E-state index contributed by atoms with van der Waals surface area (Å²) in [4.78, 5) is 11.9. The van der Waals surface area contributed by atoms with Crippen LogP contribution in [-0.2, 0) is 6.42 Å². The van der Waals surface area contributed by atoms with Gasteiger partial charge in [-0.25, -0.2) is 8.78 Å². The molecule has 0 fully saturated rings. The molecule has 0 amide bonds. The molecule has 2 aromatic rings. The molecule has 0 saturated heterocycles. The fourth-order valence-electron chi connectivity index (χ4n) is 1.65. The van der Waals surface area contributed by atoms with E-state index in [9.17, 15) is 13.6 Å². The number of halogens is 3. The van der Waals surface area contributed by atoms with Gasteiger partial charge < -0.3 is 0 Å². The van der Waals surface area contributed by atoms with E-state index in [0.29, 0.717) is 0 Å². The van der Waals surface area contributed by atoms with Crippen molar-refractivity contribution >= 4 is 21.7 Å². The second kappa shape index (κ2) is 5.40. The minimum atomic E-state index is -0.851. The third-order valence-corrected chi connectivity index (χ3v) is 3.14. The Morgan fingerprint density at radius 3 is 2.39 bits per heavy atom. The van der Waals surface area contributed by atoms with E-state index in [4.69, 9.17) is 0 Å². The number of hydrogen-bond acceptors (Lipinski definition) is 1. The van der Waals surface area contributed by atoms with E-state index in [2.05, 4.69) is 15.9 Å². The van der Waals surface area contributed by atoms with Crippen molar-refractivity contribution in [2.24, 2.45) is 0 Å². The Morgan fingerprint density at radius 1 is 1.06 bits per heavy atom. The maximum absolute atomic E-state index is 13.7. The van der Waals surface area contributed by atoms with Gasteiger partial charge >= 0.3 is 0 Å². The van der Waals surface area contributed by atoms with Crippen molar-refractivity contribution in [3.8, 4) is 0 Å². The van der Waals surface area contributed by atoms with Crippen LogP contribution in [0.15, 0.2) is 46.9 Å². The molecule has 0 aliphatic heterocycles. The van der Waals surface area contributed by atoms with Crippen molar-refractivity contribution in [3.63, 3.8) is 0 Å². The Balaban J connectivity index is 2.33. The lowest BCUT2D eigenvalue weighted by molar-refractivity contribution is 0.0984. The minimum absolute atomic E-state index is 0.0227. The van der Waals surface area contributed by atoms with Crippen molar-refractivity contribution in [1.82, 2.24) is 0 Å². The molecule has 0 aliphatic carbocycles. The van der Waals surface area contributed by atoms with E-state index in [1.54, 1.807) is 24.3 Å². The first-order valence-electron chi connectivity index (χ1n) is 5.30. The van der Waals surface area contributed by atoms with Crippen LogP contribution in [0.25, 0.3) is 0 Å². The summed E-state index contributed by atoms with van der Waals surface area (Å²) in [5.74, 6) is -2.26. The third kappa shape index (κ3) is 2.64. The molecule has 2 aromatic carbocycles. The number of carbonyl (C=O) groups is 1. The van der Waals surface area contributed by atoms with Gasteiger partial charge in [0.15, 0.2) is 11.6 Å². The van der Waals surface area contributed by atoms with E-state index < -0.39 is 23.0 Å². The molecule has 1 nitrogen and oxygen atoms in total. The quantitative estimate of drug-likeness (QED) is 0.615. The smallest absolute Gasteiger partial charge is 0.173 e. The second-order valence-electron chi connectivity index (χ2n) is 3.80. The van der Waals surface area contributed by atoms with Crippen molar-refractivity contribution in [2.75, 3.05) is 0 Å². The summed E-state index contributed by atoms with van der Waals surface area (Å²) in [6.07, 6.45) is -0.0227. The van der Waals surface area contributed by atoms with Crippen LogP contribution in [0.1, 0.15) is 15.9 Å². The summed E-state index contributed by atoms with van der Waals surface area (Å²) < 4.78 is 27.3. The number of benzene rings is 2. The molecule has 2 rings (SSSR count). The lowest BCUT2D eigenvalue weighted by Gasteiger charge is -2.05. The molecular formula is C14H9BrF2O. The zero-order valence-corrected chi connectivity index (χ0v) is 10.9. The van der Waals surface area contributed by atoms with E-state index in [-0.39, 0.29) is 10.9 Å². The molecule has 0 aliphatic rings. The van der Waals surface area contributed by atoms with Crippen LogP contribution in [-0.4, -0.2) is 5.78 Å². The lowest BCUT2D eigenvalue weighted by atomic mass is 10.0. The predicted molar refractivity (Wildman–Crippen MR) is 68.5 cm³/mol. The van der Waals surface area contributed by atoms with Gasteiger partial charge in [0.2, 0.25) is 0 Å². The van der Waals surface area contributed by atoms with Crippen molar-refractivity contribution in [2.45, 2.75) is 6.42 Å². The summed E-state index contributed by atoms with van der Waals surface area (Å²) in [7, 11) is 0. The van der Waals surface area contributed by atoms with E-state index in [1.165, 1.54) is 6.07 Å². The monoisotopic (exact) mass is 310 g/mol. The van der Waals surface area contributed by atoms with Crippen LogP contribution < -0.4 is 0 Å². The third-order valence-electron chi connectivity index (χ3n) is 2.53. The fourth-order valence-corrected chi connectivity index (χ4v) is 1.98. The first kappa shape index (κ1) is 12.9. The van der Waals surface area contributed by atoms with Crippen LogP contribution in [0.4, 0.5) is 8.78 Å². The van der Waals surface area contributed by atoms with Crippen LogP contribution in [0, 0.1) is 11.6 Å². The summed E-state index contributed by atoms with van der Waals surface area (Å²) >= 11 is 2.94. The standard InChI is InChI=1S/C14H9BrF2O/c15-10-6-7-11(16)13(14(10)17)12(18)8-9-4-2-1-3-5-9/h1-7H,8H2. The van der Waals surface area contributed by atoms with Crippen LogP contribution in [0.3, 0.4) is 0 Å². The molecule has 92 valence electrons. The molecule has 0 bridgehead atoms. The van der Waals surface area contributed by atoms with Crippen LogP contribution >= 0.6 is 15.9 Å². The molecule has 0 atom stereocenters. The van der Waals surface area contributed by atoms with Gasteiger partial charge in [-0.1, -0.05) is 30.3 Å². The zero-order valence-electron chi connectivity index (χ0n) is 9.29. The summed E-state index contributed by atoms with van der Waals surface area (Å²) in [5, 5.41) is 0. The van der Waals surface area contributed by atoms with Crippen LogP contribution in [0.2, 0.25) is 0 Å². The Hall–Kier alpha value is -1.55.